The van der Waals surface area contributed by atoms with Crippen LogP contribution in [-0.4, -0.2) is 5.78 Å². The van der Waals surface area contributed by atoms with Gasteiger partial charge in [-0.05, 0) is 24.6 Å². The Kier molecular flexibility index (Phi) is 3.72. The van der Waals surface area contributed by atoms with Gasteiger partial charge in [0.25, 0.3) is 0 Å². The molecule has 0 radical (unpaired) electrons. The number of Topliss-reactive ketones (excluding diaryl/α,β-unsaturated/α-hetero) is 1. The van der Waals surface area contributed by atoms with Crippen molar-refractivity contribution in [3.8, 4) is 0 Å². The fourth-order valence-corrected chi connectivity index (χ4v) is 1.39. The lowest BCUT2D eigenvalue weighted by Gasteiger charge is -2.01. The zero-order valence-electron chi connectivity index (χ0n) is 7.79. The van der Waals surface area contributed by atoms with Crippen molar-refractivity contribution in [2.24, 2.45) is 0 Å². The maximum atomic E-state index is 11.5. The number of allylic oxidation sites excluding steroid dienone is 1. The van der Waals surface area contributed by atoms with Crippen molar-refractivity contribution < 1.29 is 4.79 Å². The van der Waals surface area contributed by atoms with Gasteiger partial charge in [0.2, 0.25) is 0 Å². The second-order valence-corrected chi connectivity index (χ2v) is 3.46. The Bertz CT molecular complexity index is 340. The van der Waals surface area contributed by atoms with Crippen molar-refractivity contribution in [3.05, 3.63) is 41.4 Å². The highest BCUT2D eigenvalue weighted by Gasteiger charge is 2.06. The van der Waals surface area contributed by atoms with Crippen molar-refractivity contribution >= 4 is 23.1 Å². The molecule has 1 aromatic rings. The predicted octanol–water partition coefficient (Wildman–Crippen LogP) is 3.07. The number of halogens is 1. The standard InChI is InChI=1S/C11H12ClNO/c1-2-3-4-11(14)8-5-9(12)7-10(13)6-8/h2,5-7H,1,3-4,13H2. The molecule has 0 aliphatic carbocycles. The largest absolute Gasteiger partial charge is 0.399 e. The summed E-state index contributed by atoms with van der Waals surface area (Å²) in [6.45, 7) is 3.56. The number of benzene rings is 1. The Labute approximate surface area is 88.4 Å². The summed E-state index contributed by atoms with van der Waals surface area (Å²) in [5.74, 6) is 0.0408. The third-order valence-electron chi connectivity index (χ3n) is 1.82. The first kappa shape index (κ1) is 10.8. The molecule has 0 aliphatic rings. The summed E-state index contributed by atoms with van der Waals surface area (Å²) in [7, 11) is 0. The van der Waals surface area contributed by atoms with Gasteiger partial charge in [0, 0.05) is 22.7 Å². The van der Waals surface area contributed by atoms with E-state index in [2.05, 4.69) is 6.58 Å². The molecule has 3 heteroatoms. The van der Waals surface area contributed by atoms with Crippen LogP contribution in [0.2, 0.25) is 5.02 Å². The lowest BCUT2D eigenvalue weighted by molar-refractivity contribution is 0.0984. The maximum Gasteiger partial charge on any atom is 0.163 e. The van der Waals surface area contributed by atoms with Crippen LogP contribution in [0, 0.1) is 0 Å². The molecule has 0 aromatic heterocycles. The molecule has 1 aromatic carbocycles. The first-order valence-corrected chi connectivity index (χ1v) is 4.71. The molecule has 0 heterocycles. The van der Waals surface area contributed by atoms with Gasteiger partial charge in [-0.15, -0.1) is 6.58 Å². The molecule has 0 fully saturated rings. The van der Waals surface area contributed by atoms with Gasteiger partial charge in [0.05, 0.1) is 0 Å². The molecule has 2 N–H and O–H groups in total. The average molecular weight is 210 g/mol. The number of anilines is 1. The number of ketones is 1. The van der Waals surface area contributed by atoms with Gasteiger partial charge >= 0.3 is 0 Å². The molecule has 0 bridgehead atoms. The third kappa shape index (κ3) is 2.89. The van der Waals surface area contributed by atoms with E-state index in [1.165, 1.54) is 0 Å². The van der Waals surface area contributed by atoms with Crippen LogP contribution in [0.25, 0.3) is 0 Å². The third-order valence-corrected chi connectivity index (χ3v) is 2.04. The Balaban J connectivity index is 2.84. The molecule has 14 heavy (non-hydrogen) atoms. The van der Waals surface area contributed by atoms with Crippen molar-refractivity contribution in [1.29, 1.82) is 0 Å². The van der Waals surface area contributed by atoms with Crippen molar-refractivity contribution in [2.45, 2.75) is 12.8 Å². The highest BCUT2D eigenvalue weighted by atomic mass is 35.5. The molecule has 0 atom stereocenters. The number of nitrogen functional groups attached to an aromatic ring is 1. The van der Waals surface area contributed by atoms with E-state index in [1.807, 2.05) is 0 Å². The van der Waals surface area contributed by atoms with Crippen LogP contribution >= 0.6 is 11.6 Å². The number of carbonyl (C=O) groups is 1. The summed E-state index contributed by atoms with van der Waals surface area (Å²) in [5, 5.41) is 0.493. The number of hydrogen-bond donors (Lipinski definition) is 1. The first-order chi connectivity index (χ1) is 6.63. The van der Waals surface area contributed by atoms with Crippen molar-refractivity contribution in [3.63, 3.8) is 0 Å². The monoisotopic (exact) mass is 209 g/mol. The quantitative estimate of drug-likeness (QED) is 0.471. The van der Waals surface area contributed by atoms with E-state index >= 15 is 0 Å². The Morgan fingerprint density at radius 2 is 2.21 bits per heavy atom. The molecule has 0 unspecified atom stereocenters. The summed E-state index contributed by atoms with van der Waals surface area (Å²) in [6.07, 6.45) is 2.83. The highest BCUT2D eigenvalue weighted by molar-refractivity contribution is 6.31. The molecular formula is C11H12ClNO. The van der Waals surface area contributed by atoms with Crippen LogP contribution in [0.4, 0.5) is 5.69 Å². The zero-order chi connectivity index (χ0) is 10.6. The van der Waals surface area contributed by atoms with E-state index in [9.17, 15) is 4.79 Å². The van der Waals surface area contributed by atoms with Gasteiger partial charge in [-0.2, -0.15) is 0 Å². The lowest BCUT2D eigenvalue weighted by atomic mass is 10.1. The minimum absolute atomic E-state index is 0.0408. The van der Waals surface area contributed by atoms with Gasteiger partial charge in [-0.3, -0.25) is 4.79 Å². The molecule has 2 nitrogen and oxygen atoms in total. The van der Waals surface area contributed by atoms with Crippen LogP contribution in [-0.2, 0) is 0 Å². The second kappa shape index (κ2) is 4.82. The predicted molar refractivity (Wildman–Crippen MR) is 59.6 cm³/mol. The second-order valence-electron chi connectivity index (χ2n) is 3.02. The Morgan fingerprint density at radius 3 is 2.79 bits per heavy atom. The minimum Gasteiger partial charge on any atom is -0.399 e. The van der Waals surface area contributed by atoms with Crippen LogP contribution in [0.3, 0.4) is 0 Å². The van der Waals surface area contributed by atoms with Crippen molar-refractivity contribution in [1.82, 2.24) is 0 Å². The van der Waals surface area contributed by atoms with E-state index in [0.29, 0.717) is 29.1 Å². The maximum absolute atomic E-state index is 11.5. The number of nitrogens with two attached hydrogens (primary N) is 1. The number of hydrogen-bond acceptors (Lipinski definition) is 2. The molecule has 0 saturated carbocycles. The van der Waals surface area contributed by atoms with E-state index < -0.39 is 0 Å². The fourth-order valence-electron chi connectivity index (χ4n) is 1.15. The molecule has 0 spiro atoms. The van der Waals surface area contributed by atoms with E-state index in [1.54, 1.807) is 24.3 Å². The van der Waals surface area contributed by atoms with Gasteiger partial charge in [0.1, 0.15) is 0 Å². The van der Waals surface area contributed by atoms with Crippen LogP contribution in [0.1, 0.15) is 23.2 Å². The summed E-state index contributed by atoms with van der Waals surface area (Å²) in [4.78, 5) is 11.5. The smallest absolute Gasteiger partial charge is 0.163 e. The van der Waals surface area contributed by atoms with E-state index in [4.69, 9.17) is 17.3 Å². The number of rotatable bonds is 4. The van der Waals surface area contributed by atoms with E-state index in [0.717, 1.165) is 0 Å². The first-order valence-electron chi connectivity index (χ1n) is 4.33. The minimum atomic E-state index is 0.0408. The SMILES string of the molecule is C=CCCC(=O)c1cc(N)cc(Cl)c1. The van der Waals surface area contributed by atoms with Crippen LogP contribution < -0.4 is 5.73 Å². The summed E-state index contributed by atoms with van der Waals surface area (Å²) in [6, 6.07) is 4.88. The normalized spacial score (nSPS) is 9.79. The lowest BCUT2D eigenvalue weighted by Crippen LogP contribution is -1.99. The molecule has 0 aliphatic heterocycles. The average Bonchev–Trinajstić information content (AvgIpc) is 2.12. The van der Waals surface area contributed by atoms with Gasteiger partial charge < -0.3 is 5.73 Å². The molecule has 0 saturated heterocycles. The topological polar surface area (TPSA) is 43.1 Å². The molecule has 0 amide bonds. The fraction of sp³-hybridized carbons (Fsp3) is 0.182. The van der Waals surface area contributed by atoms with Gasteiger partial charge in [0.15, 0.2) is 5.78 Å². The number of carbonyl (C=O) groups excluding carboxylic acids is 1. The van der Waals surface area contributed by atoms with Crippen LogP contribution in [0.5, 0.6) is 0 Å². The van der Waals surface area contributed by atoms with Crippen LogP contribution in [0.15, 0.2) is 30.9 Å². The van der Waals surface area contributed by atoms with Gasteiger partial charge in [-0.25, -0.2) is 0 Å². The Morgan fingerprint density at radius 1 is 1.50 bits per heavy atom. The Hall–Kier alpha value is -1.28. The zero-order valence-corrected chi connectivity index (χ0v) is 8.55. The summed E-state index contributed by atoms with van der Waals surface area (Å²) >= 11 is 5.78. The summed E-state index contributed by atoms with van der Waals surface area (Å²) < 4.78 is 0. The van der Waals surface area contributed by atoms with Gasteiger partial charge in [-0.1, -0.05) is 17.7 Å². The van der Waals surface area contributed by atoms with E-state index in [-0.39, 0.29) is 5.78 Å². The summed E-state index contributed by atoms with van der Waals surface area (Å²) in [5.41, 5.74) is 6.65. The highest BCUT2D eigenvalue weighted by Crippen LogP contribution is 2.18. The molecule has 1 rings (SSSR count). The molecule has 74 valence electrons. The molecular weight excluding hydrogens is 198 g/mol. The van der Waals surface area contributed by atoms with Crippen molar-refractivity contribution in [2.75, 3.05) is 5.73 Å².